The summed E-state index contributed by atoms with van der Waals surface area (Å²) in [5.74, 6) is 0. The number of piperidine rings is 1. The summed E-state index contributed by atoms with van der Waals surface area (Å²) in [4.78, 5) is 51.4. The zero-order valence-corrected chi connectivity index (χ0v) is 22.8. The van der Waals surface area contributed by atoms with Crippen LogP contribution in [-0.2, 0) is 32.2 Å². The lowest BCUT2D eigenvalue weighted by Gasteiger charge is -2.27. The maximum Gasteiger partial charge on any atom is 0.261 e. The number of likely N-dealkylation sites (tertiary alicyclic amines) is 1. The van der Waals surface area contributed by atoms with Gasteiger partial charge in [-0.1, -0.05) is 6.42 Å². The number of H-pyrrole nitrogens is 1. The fourth-order valence-electron chi connectivity index (χ4n) is 6.59. The summed E-state index contributed by atoms with van der Waals surface area (Å²) in [6, 6.07) is 11.9. The summed E-state index contributed by atoms with van der Waals surface area (Å²) in [5.41, 5.74) is 7.25. The van der Waals surface area contributed by atoms with Gasteiger partial charge in [-0.05, 0) is 134 Å². The molecule has 0 unspecified atom stereocenters. The number of hydrogen-bond donors (Lipinski definition) is 1. The van der Waals surface area contributed by atoms with Gasteiger partial charge in [0.1, 0.15) is 0 Å². The molecule has 7 nitrogen and oxygen atoms in total. The number of aldehydes is 2. The van der Waals surface area contributed by atoms with Crippen LogP contribution in [-0.4, -0.2) is 46.7 Å². The van der Waals surface area contributed by atoms with Crippen LogP contribution in [0.5, 0.6) is 0 Å². The molecule has 1 saturated heterocycles. The van der Waals surface area contributed by atoms with Crippen LogP contribution in [0.25, 0.3) is 21.8 Å². The van der Waals surface area contributed by atoms with Crippen LogP contribution in [0.4, 0.5) is 0 Å². The third-order valence-corrected chi connectivity index (χ3v) is 8.76. The molecule has 3 heterocycles. The molecule has 0 amide bonds. The van der Waals surface area contributed by atoms with Crippen molar-refractivity contribution in [3.63, 3.8) is 0 Å². The Labute approximate surface area is 232 Å². The average molecular weight is 538 g/mol. The maximum atomic E-state index is 12.7. The molecule has 7 rings (SSSR count). The van der Waals surface area contributed by atoms with Crippen LogP contribution in [0, 0.1) is 0 Å². The van der Waals surface area contributed by atoms with Crippen molar-refractivity contribution in [3.05, 3.63) is 90.5 Å². The number of aryl methyl sites for hydroxylation is 4. The van der Waals surface area contributed by atoms with Crippen molar-refractivity contribution >= 4 is 34.4 Å². The van der Waals surface area contributed by atoms with Gasteiger partial charge in [-0.2, -0.15) is 0 Å². The van der Waals surface area contributed by atoms with Crippen molar-refractivity contribution in [2.24, 2.45) is 0 Å². The van der Waals surface area contributed by atoms with Gasteiger partial charge in [0.2, 0.25) is 0 Å². The first kappa shape index (κ1) is 26.4. The summed E-state index contributed by atoms with van der Waals surface area (Å²) in [5, 5.41) is 1.97. The highest BCUT2D eigenvalue weighted by Gasteiger charge is 2.17. The summed E-state index contributed by atoms with van der Waals surface area (Å²) in [7, 11) is 0. The minimum Gasteiger partial charge on any atom is -0.321 e. The topological polar surface area (TPSA) is 92.2 Å². The first-order chi connectivity index (χ1) is 19.5. The molecule has 1 N–H and O–H groups in total. The van der Waals surface area contributed by atoms with Crippen molar-refractivity contribution in [2.75, 3.05) is 19.6 Å². The first-order valence-corrected chi connectivity index (χ1v) is 14.5. The van der Waals surface area contributed by atoms with E-state index in [0.717, 1.165) is 67.1 Å². The van der Waals surface area contributed by atoms with Gasteiger partial charge in [-0.3, -0.25) is 19.2 Å². The van der Waals surface area contributed by atoms with E-state index in [2.05, 4.69) is 28.1 Å². The second kappa shape index (κ2) is 11.3. The Morgan fingerprint density at radius 3 is 1.93 bits per heavy atom. The van der Waals surface area contributed by atoms with E-state index in [1.807, 2.05) is 10.6 Å². The van der Waals surface area contributed by atoms with Crippen molar-refractivity contribution < 1.29 is 9.59 Å². The van der Waals surface area contributed by atoms with Gasteiger partial charge in [0.15, 0.2) is 12.6 Å². The highest BCUT2D eigenvalue weighted by molar-refractivity contribution is 5.88. The molecule has 2 aromatic heterocycles. The summed E-state index contributed by atoms with van der Waals surface area (Å²) >= 11 is 0. The van der Waals surface area contributed by atoms with Gasteiger partial charge in [-0.25, -0.2) is 0 Å². The van der Waals surface area contributed by atoms with E-state index in [1.54, 1.807) is 12.1 Å². The highest BCUT2D eigenvalue weighted by atomic mass is 16.1. The molecule has 7 heteroatoms. The van der Waals surface area contributed by atoms with Gasteiger partial charge in [0.05, 0.1) is 16.6 Å². The summed E-state index contributed by atoms with van der Waals surface area (Å²) in [6.45, 7) is 3.79. The van der Waals surface area contributed by atoms with Crippen LogP contribution in [0.2, 0.25) is 0 Å². The smallest absolute Gasteiger partial charge is 0.261 e. The normalized spacial score (nSPS) is 16.4. The largest absolute Gasteiger partial charge is 0.321 e. The van der Waals surface area contributed by atoms with E-state index in [1.165, 1.54) is 54.4 Å². The van der Waals surface area contributed by atoms with Gasteiger partial charge < -0.3 is 14.5 Å². The lowest BCUT2D eigenvalue weighted by molar-refractivity contribution is 0.111. The molecular formula is C33H35N3O4. The third-order valence-electron chi connectivity index (χ3n) is 8.76. The number of aromatic amines is 1. The van der Waals surface area contributed by atoms with Crippen molar-refractivity contribution in [1.82, 2.24) is 14.5 Å². The molecule has 0 radical (unpaired) electrons. The molecule has 1 fully saturated rings. The number of nitrogens with one attached hydrogen (secondary N) is 1. The minimum atomic E-state index is -0.305. The van der Waals surface area contributed by atoms with Crippen LogP contribution >= 0.6 is 0 Å². The lowest BCUT2D eigenvalue weighted by Crippen LogP contribution is -2.35. The van der Waals surface area contributed by atoms with Crippen molar-refractivity contribution in [1.29, 1.82) is 0 Å². The molecule has 0 saturated carbocycles. The number of pyridine rings is 2. The number of aromatic nitrogens is 2. The van der Waals surface area contributed by atoms with Crippen LogP contribution < -0.4 is 11.1 Å². The number of rotatable bonds is 5. The number of fused-ring (bicyclic) bond motifs is 4. The molecule has 40 heavy (non-hydrogen) atoms. The zero-order chi connectivity index (χ0) is 27.6. The molecule has 2 aromatic carbocycles. The average Bonchev–Trinajstić information content (AvgIpc) is 3.63. The van der Waals surface area contributed by atoms with Crippen molar-refractivity contribution in [3.8, 4) is 0 Å². The van der Waals surface area contributed by atoms with Gasteiger partial charge in [0, 0.05) is 18.6 Å². The van der Waals surface area contributed by atoms with E-state index in [4.69, 9.17) is 0 Å². The quantitative estimate of drug-likeness (QED) is 0.375. The van der Waals surface area contributed by atoms with E-state index in [9.17, 15) is 19.2 Å². The Balaban J connectivity index is 0.000000157. The third kappa shape index (κ3) is 5.18. The molecule has 0 bridgehead atoms. The second-order valence-electron chi connectivity index (χ2n) is 11.3. The predicted octanol–water partition coefficient (Wildman–Crippen LogP) is 4.62. The van der Waals surface area contributed by atoms with E-state index in [-0.39, 0.29) is 22.2 Å². The minimum absolute atomic E-state index is 0.146. The van der Waals surface area contributed by atoms with Crippen LogP contribution in [0.3, 0.4) is 0 Å². The lowest BCUT2D eigenvalue weighted by atomic mass is 10.0. The summed E-state index contributed by atoms with van der Waals surface area (Å²) in [6.07, 6.45) is 11.9. The number of carbonyl (C=O) groups is 2. The molecular weight excluding hydrogens is 502 g/mol. The fourth-order valence-corrected chi connectivity index (χ4v) is 6.59. The Morgan fingerprint density at radius 1 is 0.650 bits per heavy atom. The van der Waals surface area contributed by atoms with Gasteiger partial charge >= 0.3 is 0 Å². The number of benzene rings is 2. The van der Waals surface area contributed by atoms with Crippen LogP contribution in [0.15, 0.2) is 46.0 Å². The number of nitrogens with zero attached hydrogens (tertiary/aromatic N) is 2. The van der Waals surface area contributed by atoms with E-state index >= 15 is 0 Å². The molecule has 1 aliphatic heterocycles. The number of hydrogen-bond acceptors (Lipinski definition) is 5. The van der Waals surface area contributed by atoms with E-state index < -0.39 is 0 Å². The predicted molar refractivity (Wildman–Crippen MR) is 158 cm³/mol. The van der Waals surface area contributed by atoms with Gasteiger partial charge in [0.25, 0.3) is 11.1 Å². The molecule has 206 valence electrons. The van der Waals surface area contributed by atoms with Crippen molar-refractivity contribution in [2.45, 2.75) is 64.3 Å². The zero-order valence-electron chi connectivity index (χ0n) is 22.8. The second-order valence-corrected chi connectivity index (χ2v) is 11.3. The molecule has 4 aromatic rings. The monoisotopic (exact) mass is 537 g/mol. The first-order valence-electron chi connectivity index (χ1n) is 14.5. The Kier molecular flexibility index (Phi) is 7.48. The molecule has 0 atom stereocenters. The van der Waals surface area contributed by atoms with E-state index in [0.29, 0.717) is 19.1 Å². The Morgan fingerprint density at radius 2 is 1.25 bits per heavy atom. The van der Waals surface area contributed by atoms with Gasteiger partial charge in [-0.15, -0.1) is 0 Å². The summed E-state index contributed by atoms with van der Waals surface area (Å²) < 4.78 is 1.83. The molecule has 0 spiro atoms. The fraction of sp³-hybridized carbons (Fsp3) is 0.394. The van der Waals surface area contributed by atoms with Crippen LogP contribution in [0.1, 0.15) is 75.1 Å². The molecule has 2 aliphatic carbocycles. The highest BCUT2D eigenvalue weighted by Crippen LogP contribution is 2.28. The number of carbonyl (C=O) groups excluding carboxylic acids is 2. The molecule has 3 aliphatic rings. The maximum absolute atomic E-state index is 12.7. The standard InChI is InChI=1S/C20H24N2O2.C13H11NO2/c23-14-18-12-17-11-15-5-4-6-16(15)13-19(17)22(20(18)24)10-9-21-7-2-1-3-8-21;15-7-11-5-10-4-8-2-1-3-9(8)6-12(10)14-13(11)16/h11-14H,1-10H2;4-7H,1-3H2,(H,14,16). The Hall–Kier alpha value is -3.84. The Bertz CT molecular complexity index is 1730. The SMILES string of the molecule is O=Cc1cc2cc3c(cc2[nH]c1=O)CCC3.O=Cc1cc2cc3c(cc2n(CCN2CCCCC2)c1=O)CCC3.